The van der Waals surface area contributed by atoms with E-state index in [4.69, 9.17) is 12.2 Å². The van der Waals surface area contributed by atoms with Crippen LogP contribution < -0.4 is 0 Å². The Morgan fingerprint density at radius 3 is 2.68 bits per heavy atom. The van der Waals surface area contributed by atoms with Crippen LogP contribution in [-0.2, 0) is 0 Å². The van der Waals surface area contributed by atoms with E-state index in [0.29, 0.717) is 16.2 Å². The van der Waals surface area contributed by atoms with Crippen LogP contribution in [0.2, 0.25) is 0 Å². The molecular formula is C15H10BrFN4S. The van der Waals surface area contributed by atoms with Crippen LogP contribution in [0.5, 0.6) is 0 Å². The molecule has 0 atom stereocenters. The average Bonchev–Trinajstić information content (AvgIpc) is 2.88. The Kier molecular flexibility index (Phi) is 4.26. The Morgan fingerprint density at radius 2 is 1.91 bits per heavy atom. The van der Waals surface area contributed by atoms with Crippen molar-refractivity contribution in [2.24, 2.45) is 5.10 Å². The maximum atomic E-state index is 13.6. The summed E-state index contributed by atoms with van der Waals surface area (Å²) in [7, 11) is 0. The molecule has 4 nitrogen and oxygen atoms in total. The van der Waals surface area contributed by atoms with Crippen molar-refractivity contribution >= 4 is 34.4 Å². The van der Waals surface area contributed by atoms with Gasteiger partial charge in [0, 0.05) is 15.6 Å². The lowest BCUT2D eigenvalue weighted by Crippen LogP contribution is -1.96. The highest BCUT2D eigenvalue weighted by atomic mass is 79.9. The summed E-state index contributed by atoms with van der Waals surface area (Å²) in [6, 6.07) is 14.0. The van der Waals surface area contributed by atoms with Crippen LogP contribution in [0.15, 0.2) is 58.1 Å². The first-order valence-corrected chi connectivity index (χ1v) is 7.58. The molecule has 0 saturated carbocycles. The van der Waals surface area contributed by atoms with E-state index in [2.05, 4.69) is 31.2 Å². The number of nitrogens with one attached hydrogen (secondary N) is 1. The zero-order valence-electron chi connectivity index (χ0n) is 11.2. The number of benzene rings is 2. The number of hydrogen-bond donors (Lipinski definition) is 1. The summed E-state index contributed by atoms with van der Waals surface area (Å²) in [5, 5.41) is 11.1. The zero-order chi connectivity index (χ0) is 15.5. The van der Waals surface area contributed by atoms with Gasteiger partial charge in [0.1, 0.15) is 5.82 Å². The summed E-state index contributed by atoms with van der Waals surface area (Å²) >= 11 is 8.66. The molecule has 3 aromatic rings. The van der Waals surface area contributed by atoms with E-state index in [9.17, 15) is 4.39 Å². The first-order valence-electron chi connectivity index (χ1n) is 6.38. The van der Waals surface area contributed by atoms with E-state index in [1.807, 2.05) is 24.3 Å². The Bertz CT molecular complexity index is 900. The van der Waals surface area contributed by atoms with Crippen LogP contribution in [0.4, 0.5) is 4.39 Å². The third-order valence-electron chi connectivity index (χ3n) is 2.98. The van der Waals surface area contributed by atoms with E-state index in [1.54, 1.807) is 18.2 Å². The Labute approximate surface area is 139 Å². The predicted octanol–water partition coefficient (Wildman–Crippen LogP) is 4.39. The lowest BCUT2D eigenvalue weighted by atomic mass is 10.2. The van der Waals surface area contributed by atoms with Gasteiger partial charge in [-0.2, -0.15) is 14.9 Å². The Hall–Kier alpha value is -2.12. The topological polar surface area (TPSA) is 46.0 Å². The molecule has 0 aliphatic carbocycles. The molecule has 0 aliphatic heterocycles. The summed E-state index contributed by atoms with van der Waals surface area (Å²) in [5.74, 6) is 0.203. The number of H-pyrrole nitrogens is 1. The van der Waals surface area contributed by atoms with Gasteiger partial charge in [0.2, 0.25) is 4.77 Å². The van der Waals surface area contributed by atoms with E-state index < -0.39 is 0 Å². The molecular weight excluding hydrogens is 367 g/mol. The number of hydrogen-bond acceptors (Lipinski definition) is 3. The van der Waals surface area contributed by atoms with Crippen molar-refractivity contribution in [1.82, 2.24) is 14.9 Å². The van der Waals surface area contributed by atoms with E-state index in [1.165, 1.54) is 17.0 Å². The van der Waals surface area contributed by atoms with Gasteiger partial charge in [-0.1, -0.05) is 46.3 Å². The number of aromatic nitrogens is 3. The van der Waals surface area contributed by atoms with Gasteiger partial charge in [-0.25, -0.2) is 9.49 Å². The molecule has 3 rings (SSSR count). The highest BCUT2D eigenvalue weighted by Gasteiger charge is 2.11. The first kappa shape index (κ1) is 14.8. The van der Waals surface area contributed by atoms with Gasteiger partial charge in [0.15, 0.2) is 5.82 Å². The van der Waals surface area contributed by atoms with E-state index in [-0.39, 0.29) is 5.82 Å². The standard InChI is InChI=1S/C15H10BrFN4S/c16-12-7-3-2-6-11(12)14-19-20-15(22)21(14)18-9-10-5-1-4-8-13(10)17/h1-9H,(H,20,22). The number of nitrogens with zero attached hydrogens (tertiary/aromatic N) is 3. The number of rotatable bonds is 3. The molecule has 1 heterocycles. The average molecular weight is 377 g/mol. The second kappa shape index (κ2) is 6.33. The summed E-state index contributed by atoms with van der Waals surface area (Å²) in [6.45, 7) is 0. The lowest BCUT2D eigenvalue weighted by Gasteiger charge is -2.03. The molecule has 1 N–H and O–H groups in total. The largest absolute Gasteiger partial charge is 0.250 e. The third kappa shape index (κ3) is 2.90. The first-order chi connectivity index (χ1) is 10.7. The molecule has 0 unspecified atom stereocenters. The minimum absolute atomic E-state index is 0.332. The molecule has 0 saturated heterocycles. The molecule has 110 valence electrons. The SMILES string of the molecule is Fc1ccccc1C=Nn1c(-c2ccccc2Br)n[nH]c1=S. The highest BCUT2D eigenvalue weighted by Crippen LogP contribution is 2.26. The summed E-state index contributed by atoms with van der Waals surface area (Å²) in [4.78, 5) is 0. The maximum Gasteiger partial charge on any atom is 0.216 e. The number of halogens is 2. The zero-order valence-corrected chi connectivity index (χ0v) is 13.6. The molecule has 7 heteroatoms. The van der Waals surface area contributed by atoms with Crippen molar-refractivity contribution in [2.45, 2.75) is 0 Å². The smallest absolute Gasteiger partial charge is 0.216 e. The van der Waals surface area contributed by atoms with Crippen LogP contribution in [0.25, 0.3) is 11.4 Å². The summed E-state index contributed by atoms with van der Waals surface area (Å²) < 4.78 is 16.3. The molecule has 1 aromatic heterocycles. The fourth-order valence-corrected chi connectivity index (χ4v) is 2.56. The fourth-order valence-electron chi connectivity index (χ4n) is 1.92. The minimum Gasteiger partial charge on any atom is -0.250 e. The monoisotopic (exact) mass is 376 g/mol. The van der Waals surface area contributed by atoms with E-state index >= 15 is 0 Å². The van der Waals surface area contributed by atoms with Crippen LogP contribution in [0.1, 0.15) is 5.56 Å². The molecule has 0 amide bonds. The van der Waals surface area contributed by atoms with Gasteiger partial charge in [0.25, 0.3) is 0 Å². The third-order valence-corrected chi connectivity index (χ3v) is 3.94. The highest BCUT2D eigenvalue weighted by molar-refractivity contribution is 9.10. The minimum atomic E-state index is -0.344. The van der Waals surface area contributed by atoms with Gasteiger partial charge in [-0.15, -0.1) is 0 Å². The van der Waals surface area contributed by atoms with Crippen molar-refractivity contribution in [3.05, 3.63) is 69.2 Å². The summed E-state index contributed by atoms with van der Waals surface area (Å²) in [5.41, 5.74) is 1.21. The Morgan fingerprint density at radius 1 is 1.18 bits per heavy atom. The number of aromatic amines is 1. The molecule has 0 aliphatic rings. The second-order valence-electron chi connectivity index (χ2n) is 4.41. The van der Waals surface area contributed by atoms with Gasteiger partial charge >= 0.3 is 0 Å². The van der Waals surface area contributed by atoms with Gasteiger partial charge < -0.3 is 0 Å². The maximum absolute atomic E-state index is 13.6. The fraction of sp³-hybridized carbons (Fsp3) is 0. The van der Waals surface area contributed by atoms with Crippen molar-refractivity contribution in [3.8, 4) is 11.4 Å². The van der Waals surface area contributed by atoms with Crippen molar-refractivity contribution in [3.63, 3.8) is 0 Å². The van der Waals surface area contributed by atoms with Crippen LogP contribution in [0.3, 0.4) is 0 Å². The van der Waals surface area contributed by atoms with Gasteiger partial charge in [-0.05, 0) is 30.4 Å². The Balaban J connectivity index is 2.06. The summed E-state index contributed by atoms with van der Waals surface area (Å²) in [6.07, 6.45) is 1.42. The van der Waals surface area contributed by atoms with Crippen LogP contribution in [0, 0.1) is 10.6 Å². The quantitative estimate of drug-likeness (QED) is 0.544. The van der Waals surface area contributed by atoms with Crippen molar-refractivity contribution in [2.75, 3.05) is 0 Å². The molecule has 0 bridgehead atoms. The molecule has 22 heavy (non-hydrogen) atoms. The second-order valence-corrected chi connectivity index (χ2v) is 5.65. The molecule has 0 fully saturated rings. The normalized spacial score (nSPS) is 11.2. The van der Waals surface area contributed by atoms with Crippen molar-refractivity contribution < 1.29 is 4.39 Å². The van der Waals surface area contributed by atoms with Gasteiger partial charge in [0.05, 0.1) is 6.21 Å². The lowest BCUT2D eigenvalue weighted by molar-refractivity contribution is 0.625. The molecule has 0 radical (unpaired) electrons. The van der Waals surface area contributed by atoms with E-state index in [0.717, 1.165) is 10.0 Å². The van der Waals surface area contributed by atoms with Crippen LogP contribution >= 0.6 is 28.1 Å². The van der Waals surface area contributed by atoms with Gasteiger partial charge in [-0.3, -0.25) is 0 Å². The van der Waals surface area contributed by atoms with Crippen molar-refractivity contribution in [1.29, 1.82) is 0 Å². The predicted molar refractivity (Wildman–Crippen MR) is 89.9 cm³/mol. The van der Waals surface area contributed by atoms with Crippen LogP contribution in [-0.4, -0.2) is 21.1 Å². The molecule has 0 spiro atoms. The molecule has 2 aromatic carbocycles.